The second kappa shape index (κ2) is 8.80. The van der Waals surface area contributed by atoms with E-state index >= 15 is 0 Å². The predicted octanol–water partition coefficient (Wildman–Crippen LogP) is 3.38. The lowest BCUT2D eigenvalue weighted by Crippen LogP contribution is -2.36. The molecule has 0 saturated carbocycles. The number of anilines is 1. The fraction of sp³-hybridized carbons (Fsp3) is 0.278. The van der Waals surface area contributed by atoms with Gasteiger partial charge in [-0.3, -0.25) is 0 Å². The van der Waals surface area contributed by atoms with Gasteiger partial charge in [-0.05, 0) is 29.8 Å². The third kappa shape index (κ3) is 5.30. The second-order valence-electron chi connectivity index (χ2n) is 5.06. The minimum atomic E-state index is -0.149. The van der Waals surface area contributed by atoms with E-state index < -0.39 is 0 Å². The molecule has 5 nitrogen and oxygen atoms in total. The van der Waals surface area contributed by atoms with Crippen LogP contribution in [0.5, 0.6) is 5.75 Å². The third-order valence-corrected chi connectivity index (χ3v) is 3.41. The normalized spacial score (nSPS) is 10.2. The van der Waals surface area contributed by atoms with Gasteiger partial charge >= 0.3 is 6.03 Å². The van der Waals surface area contributed by atoms with Crippen LogP contribution in [0.4, 0.5) is 10.5 Å². The molecule has 2 rings (SSSR count). The number of nitrogens with zero attached hydrogens (tertiary/aromatic N) is 1. The lowest BCUT2D eigenvalue weighted by molar-refractivity contribution is 0.153. The van der Waals surface area contributed by atoms with Crippen molar-refractivity contribution in [1.82, 2.24) is 4.90 Å². The molecule has 0 aliphatic heterocycles. The van der Waals surface area contributed by atoms with E-state index in [9.17, 15) is 4.79 Å². The van der Waals surface area contributed by atoms with Gasteiger partial charge < -0.3 is 19.7 Å². The molecule has 0 aliphatic rings. The Kier molecular flexibility index (Phi) is 6.44. The van der Waals surface area contributed by atoms with Gasteiger partial charge in [0.05, 0.1) is 13.7 Å². The summed E-state index contributed by atoms with van der Waals surface area (Å²) in [6.07, 6.45) is 0. The van der Waals surface area contributed by atoms with Gasteiger partial charge in [0.15, 0.2) is 0 Å². The van der Waals surface area contributed by atoms with Crippen molar-refractivity contribution in [2.45, 2.75) is 6.54 Å². The number of nitrogens with one attached hydrogen (secondary N) is 1. The maximum absolute atomic E-state index is 12.5. The lowest BCUT2D eigenvalue weighted by atomic mass is 10.2. The summed E-state index contributed by atoms with van der Waals surface area (Å²) < 4.78 is 10.3. The largest absolute Gasteiger partial charge is 0.497 e. The van der Waals surface area contributed by atoms with Crippen molar-refractivity contribution in [3.05, 3.63) is 60.2 Å². The molecule has 0 spiro atoms. The van der Waals surface area contributed by atoms with Gasteiger partial charge in [-0.2, -0.15) is 0 Å². The molecule has 2 aromatic rings. The van der Waals surface area contributed by atoms with E-state index in [-0.39, 0.29) is 6.03 Å². The standard InChI is InChI=1S/C18H22N2O3/c1-22-13-12-20(14-15-8-10-17(23-2)11-9-15)18(21)19-16-6-4-3-5-7-16/h3-11H,12-14H2,1-2H3,(H,19,21). The van der Waals surface area contributed by atoms with Gasteiger partial charge in [-0.25, -0.2) is 4.79 Å². The molecule has 2 aromatic carbocycles. The zero-order valence-electron chi connectivity index (χ0n) is 13.5. The van der Waals surface area contributed by atoms with E-state index in [1.807, 2.05) is 54.6 Å². The maximum atomic E-state index is 12.5. The van der Waals surface area contributed by atoms with Crippen LogP contribution in [0, 0.1) is 0 Å². The van der Waals surface area contributed by atoms with Crippen molar-refractivity contribution >= 4 is 11.7 Å². The Bertz CT molecular complexity index is 599. The zero-order chi connectivity index (χ0) is 16.5. The maximum Gasteiger partial charge on any atom is 0.322 e. The summed E-state index contributed by atoms with van der Waals surface area (Å²) in [5, 5.41) is 2.90. The first kappa shape index (κ1) is 16.8. The summed E-state index contributed by atoms with van der Waals surface area (Å²) in [5.74, 6) is 0.797. The van der Waals surface area contributed by atoms with Crippen LogP contribution in [0.1, 0.15) is 5.56 Å². The number of carbonyl (C=O) groups is 1. The Morgan fingerprint density at radius 2 is 1.74 bits per heavy atom. The van der Waals surface area contributed by atoms with Crippen LogP contribution in [-0.4, -0.2) is 38.3 Å². The van der Waals surface area contributed by atoms with Gasteiger partial charge in [0.25, 0.3) is 0 Å². The number of benzene rings is 2. The van der Waals surface area contributed by atoms with Crippen LogP contribution >= 0.6 is 0 Å². The van der Waals surface area contributed by atoms with E-state index in [1.54, 1.807) is 19.1 Å². The van der Waals surface area contributed by atoms with Crippen molar-refractivity contribution in [3.63, 3.8) is 0 Å². The van der Waals surface area contributed by atoms with Crippen molar-refractivity contribution in [2.75, 3.05) is 32.7 Å². The van der Waals surface area contributed by atoms with Gasteiger partial charge in [-0.1, -0.05) is 30.3 Å². The molecule has 2 amide bonds. The number of amides is 2. The molecule has 0 fully saturated rings. The molecule has 0 heterocycles. The fourth-order valence-electron chi connectivity index (χ4n) is 2.13. The molecule has 0 saturated heterocycles. The molecule has 5 heteroatoms. The molecule has 0 radical (unpaired) electrons. The molecule has 0 aromatic heterocycles. The van der Waals surface area contributed by atoms with Gasteiger partial charge in [0.2, 0.25) is 0 Å². The summed E-state index contributed by atoms with van der Waals surface area (Å²) in [6, 6.07) is 16.9. The van der Waals surface area contributed by atoms with E-state index in [1.165, 1.54) is 0 Å². The Balaban J connectivity index is 2.04. The fourth-order valence-corrected chi connectivity index (χ4v) is 2.13. The highest BCUT2D eigenvalue weighted by molar-refractivity contribution is 5.89. The van der Waals surface area contributed by atoms with Crippen LogP contribution < -0.4 is 10.1 Å². The van der Waals surface area contributed by atoms with E-state index in [4.69, 9.17) is 9.47 Å². The SMILES string of the molecule is COCCN(Cc1ccc(OC)cc1)C(=O)Nc1ccccc1. The number of hydrogen-bond acceptors (Lipinski definition) is 3. The first-order chi connectivity index (χ1) is 11.2. The van der Waals surface area contributed by atoms with E-state index in [0.29, 0.717) is 19.7 Å². The lowest BCUT2D eigenvalue weighted by Gasteiger charge is -2.23. The second-order valence-corrected chi connectivity index (χ2v) is 5.06. The molecular formula is C18H22N2O3. The highest BCUT2D eigenvalue weighted by Gasteiger charge is 2.14. The Morgan fingerprint density at radius 1 is 1.04 bits per heavy atom. The first-order valence-electron chi connectivity index (χ1n) is 7.46. The molecule has 0 atom stereocenters. The molecule has 0 unspecified atom stereocenters. The number of rotatable bonds is 7. The highest BCUT2D eigenvalue weighted by Crippen LogP contribution is 2.14. The zero-order valence-corrected chi connectivity index (χ0v) is 13.5. The third-order valence-electron chi connectivity index (χ3n) is 3.41. The molecule has 0 bridgehead atoms. The topological polar surface area (TPSA) is 50.8 Å². The molecule has 122 valence electrons. The molecule has 0 aliphatic carbocycles. The van der Waals surface area contributed by atoms with Crippen molar-refractivity contribution in [3.8, 4) is 5.75 Å². The number of carbonyl (C=O) groups excluding carboxylic acids is 1. The van der Waals surface area contributed by atoms with E-state index in [0.717, 1.165) is 17.0 Å². The predicted molar refractivity (Wildman–Crippen MR) is 90.7 cm³/mol. The summed E-state index contributed by atoms with van der Waals surface area (Å²) in [6.45, 7) is 1.51. The first-order valence-corrected chi connectivity index (χ1v) is 7.46. The van der Waals surface area contributed by atoms with Crippen LogP contribution in [0.25, 0.3) is 0 Å². The summed E-state index contributed by atoms with van der Waals surface area (Å²) in [4.78, 5) is 14.2. The highest BCUT2D eigenvalue weighted by atomic mass is 16.5. The Hall–Kier alpha value is -2.53. The number of methoxy groups -OCH3 is 2. The average molecular weight is 314 g/mol. The number of hydrogen-bond donors (Lipinski definition) is 1. The van der Waals surface area contributed by atoms with Crippen molar-refractivity contribution in [2.24, 2.45) is 0 Å². The quantitative estimate of drug-likeness (QED) is 0.852. The van der Waals surface area contributed by atoms with Gasteiger partial charge in [0.1, 0.15) is 5.75 Å². The Labute approximate surface area is 136 Å². The molecule has 1 N–H and O–H groups in total. The van der Waals surface area contributed by atoms with E-state index in [2.05, 4.69) is 5.32 Å². The number of para-hydroxylation sites is 1. The average Bonchev–Trinajstić information content (AvgIpc) is 2.60. The molecule has 23 heavy (non-hydrogen) atoms. The van der Waals surface area contributed by atoms with Crippen molar-refractivity contribution in [1.29, 1.82) is 0 Å². The smallest absolute Gasteiger partial charge is 0.322 e. The van der Waals surface area contributed by atoms with Gasteiger partial charge in [0, 0.05) is 25.9 Å². The molecular weight excluding hydrogens is 292 g/mol. The minimum absolute atomic E-state index is 0.149. The van der Waals surface area contributed by atoms with Crippen LogP contribution in [0.3, 0.4) is 0 Å². The van der Waals surface area contributed by atoms with Crippen LogP contribution in [0.15, 0.2) is 54.6 Å². The van der Waals surface area contributed by atoms with Crippen molar-refractivity contribution < 1.29 is 14.3 Å². The van der Waals surface area contributed by atoms with Crippen LogP contribution in [0.2, 0.25) is 0 Å². The van der Waals surface area contributed by atoms with Gasteiger partial charge in [-0.15, -0.1) is 0 Å². The number of ether oxygens (including phenoxy) is 2. The monoisotopic (exact) mass is 314 g/mol. The Morgan fingerprint density at radius 3 is 2.35 bits per heavy atom. The number of urea groups is 1. The van der Waals surface area contributed by atoms with Crippen LogP contribution in [-0.2, 0) is 11.3 Å². The summed E-state index contributed by atoms with van der Waals surface area (Å²) in [5.41, 5.74) is 1.81. The summed E-state index contributed by atoms with van der Waals surface area (Å²) >= 11 is 0. The summed E-state index contributed by atoms with van der Waals surface area (Å²) in [7, 11) is 3.26. The minimum Gasteiger partial charge on any atom is -0.497 e.